The third-order valence-corrected chi connectivity index (χ3v) is 2.77. The van der Waals surface area contributed by atoms with Crippen LogP contribution in [0.25, 0.3) is 0 Å². The second kappa shape index (κ2) is 6.16. The number of benzene rings is 1. The van der Waals surface area contributed by atoms with Crippen LogP contribution < -0.4 is 10.6 Å². The summed E-state index contributed by atoms with van der Waals surface area (Å²) in [5.74, 6) is 0.115. The maximum absolute atomic E-state index is 11.8. The Hall–Kier alpha value is -1.88. The van der Waals surface area contributed by atoms with Gasteiger partial charge in [0.05, 0.1) is 19.2 Å². The molecule has 1 atom stereocenters. The summed E-state index contributed by atoms with van der Waals surface area (Å²) in [5, 5.41) is 15.0. The Morgan fingerprint density at radius 3 is 2.83 bits per heavy atom. The number of rotatable bonds is 5. The second-order valence-electron chi connectivity index (χ2n) is 4.20. The van der Waals surface area contributed by atoms with E-state index in [2.05, 4.69) is 15.6 Å². The molecule has 96 valence electrons. The third kappa shape index (κ3) is 3.30. The van der Waals surface area contributed by atoms with Gasteiger partial charge < -0.3 is 15.7 Å². The highest BCUT2D eigenvalue weighted by atomic mass is 16.3. The first-order valence-electron chi connectivity index (χ1n) is 6.03. The average Bonchev–Trinajstić information content (AvgIpc) is 2.93. The van der Waals surface area contributed by atoms with Crippen molar-refractivity contribution in [2.75, 3.05) is 19.7 Å². The van der Waals surface area contributed by atoms with E-state index in [1.165, 1.54) is 0 Å². The van der Waals surface area contributed by atoms with Crippen LogP contribution in [0.15, 0.2) is 35.3 Å². The zero-order valence-corrected chi connectivity index (χ0v) is 10.1. The van der Waals surface area contributed by atoms with Crippen molar-refractivity contribution >= 4 is 11.7 Å². The lowest BCUT2D eigenvalue weighted by molar-refractivity contribution is -0.115. The molecule has 0 fully saturated rings. The van der Waals surface area contributed by atoms with E-state index in [0.717, 1.165) is 5.56 Å². The standard InChI is InChI=1S/C13H17N3O2/c17-9-11(8-10-4-2-1-3-5-10)16-13(18)12-14-6-7-15-12/h1-5,11,17H,6-9H2,(H,14,15)(H,16,18). The molecule has 0 spiro atoms. The van der Waals surface area contributed by atoms with Crippen LogP contribution in [0.3, 0.4) is 0 Å². The average molecular weight is 247 g/mol. The number of aliphatic imine (C=N–C) groups is 1. The Labute approximate surface area is 106 Å². The molecule has 0 saturated carbocycles. The Morgan fingerprint density at radius 2 is 2.22 bits per heavy atom. The molecule has 2 rings (SSSR count). The number of aliphatic hydroxyl groups is 1. The molecule has 18 heavy (non-hydrogen) atoms. The molecule has 1 heterocycles. The minimum Gasteiger partial charge on any atom is -0.394 e. The van der Waals surface area contributed by atoms with Crippen LogP contribution in [0, 0.1) is 0 Å². The summed E-state index contributed by atoms with van der Waals surface area (Å²) in [7, 11) is 0. The highest BCUT2D eigenvalue weighted by molar-refractivity contribution is 6.38. The Bertz CT molecular complexity index is 431. The number of carbonyl (C=O) groups is 1. The van der Waals surface area contributed by atoms with Gasteiger partial charge >= 0.3 is 0 Å². The van der Waals surface area contributed by atoms with Crippen molar-refractivity contribution in [3.63, 3.8) is 0 Å². The summed E-state index contributed by atoms with van der Waals surface area (Å²) in [6.07, 6.45) is 0.607. The summed E-state index contributed by atoms with van der Waals surface area (Å²) >= 11 is 0. The summed E-state index contributed by atoms with van der Waals surface area (Å²) in [5.41, 5.74) is 1.08. The van der Waals surface area contributed by atoms with Gasteiger partial charge in [-0.2, -0.15) is 0 Å². The van der Waals surface area contributed by atoms with Gasteiger partial charge in [0, 0.05) is 6.54 Å². The molecule has 5 nitrogen and oxygen atoms in total. The number of nitrogens with zero attached hydrogens (tertiary/aromatic N) is 1. The molecule has 1 aliphatic heterocycles. The monoisotopic (exact) mass is 247 g/mol. The fraction of sp³-hybridized carbons (Fsp3) is 0.385. The zero-order valence-electron chi connectivity index (χ0n) is 10.1. The second-order valence-corrected chi connectivity index (χ2v) is 4.20. The van der Waals surface area contributed by atoms with Gasteiger partial charge in [0.1, 0.15) is 0 Å². The Morgan fingerprint density at radius 1 is 1.44 bits per heavy atom. The van der Waals surface area contributed by atoms with E-state index < -0.39 is 0 Å². The van der Waals surface area contributed by atoms with E-state index in [0.29, 0.717) is 25.3 Å². The molecule has 1 aromatic rings. The van der Waals surface area contributed by atoms with Crippen LogP contribution in [-0.2, 0) is 11.2 Å². The fourth-order valence-electron chi connectivity index (χ4n) is 1.86. The molecule has 5 heteroatoms. The summed E-state index contributed by atoms with van der Waals surface area (Å²) in [6, 6.07) is 9.47. The maximum Gasteiger partial charge on any atom is 0.286 e. The number of amides is 1. The molecule has 1 aromatic carbocycles. The van der Waals surface area contributed by atoms with Crippen LogP contribution in [-0.4, -0.2) is 42.6 Å². The van der Waals surface area contributed by atoms with E-state index in [1.807, 2.05) is 30.3 Å². The number of hydrogen-bond donors (Lipinski definition) is 3. The highest BCUT2D eigenvalue weighted by Crippen LogP contribution is 2.03. The van der Waals surface area contributed by atoms with Gasteiger partial charge in [0.2, 0.25) is 0 Å². The summed E-state index contributed by atoms with van der Waals surface area (Å²) < 4.78 is 0. The predicted octanol–water partition coefficient (Wildman–Crippen LogP) is -0.292. The smallest absolute Gasteiger partial charge is 0.286 e. The van der Waals surface area contributed by atoms with Gasteiger partial charge in [-0.1, -0.05) is 30.3 Å². The molecule has 3 N–H and O–H groups in total. The van der Waals surface area contributed by atoms with Crippen molar-refractivity contribution in [1.29, 1.82) is 0 Å². The van der Waals surface area contributed by atoms with E-state index in [-0.39, 0.29) is 18.6 Å². The molecular weight excluding hydrogens is 230 g/mol. The van der Waals surface area contributed by atoms with Gasteiger partial charge in [-0.3, -0.25) is 9.79 Å². The Balaban J connectivity index is 1.91. The molecule has 1 aliphatic rings. The van der Waals surface area contributed by atoms with Gasteiger partial charge in [0.25, 0.3) is 5.91 Å². The summed E-state index contributed by atoms with van der Waals surface area (Å²) in [6.45, 7) is 1.24. The number of amidine groups is 1. The van der Waals surface area contributed by atoms with Crippen LogP contribution in [0.4, 0.5) is 0 Å². The molecule has 0 radical (unpaired) electrons. The van der Waals surface area contributed by atoms with Crippen molar-refractivity contribution in [2.24, 2.45) is 4.99 Å². The first kappa shape index (κ1) is 12.6. The van der Waals surface area contributed by atoms with Crippen molar-refractivity contribution in [2.45, 2.75) is 12.5 Å². The normalized spacial score (nSPS) is 15.7. The lowest BCUT2D eigenvalue weighted by Gasteiger charge is -2.16. The molecule has 0 aliphatic carbocycles. The third-order valence-electron chi connectivity index (χ3n) is 2.77. The number of carbonyl (C=O) groups excluding carboxylic acids is 1. The van der Waals surface area contributed by atoms with Crippen molar-refractivity contribution in [1.82, 2.24) is 10.6 Å². The van der Waals surface area contributed by atoms with E-state index in [4.69, 9.17) is 0 Å². The Kier molecular flexibility index (Phi) is 4.30. The zero-order chi connectivity index (χ0) is 12.8. The highest BCUT2D eigenvalue weighted by Gasteiger charge is 2.18. The molecule has 0 bridgehead atoms. The quantitative estimate of drug-likeness (QED) is 0.669. The van der Waals surface area contributed by atoms with Crippen molar-refractivity contribution < 1.29 is 9.90 Å². The first-order valence-corrected chi connectivity index (χ1v) is 6.03. The van der Waals surface area contributed by atoms with Gasteiger partial charge in [-0.05, 0) is 12.0 Å². The predicted molar refractivity (Wildman–Crippen MR) is 69.5 cm³/mol. The summed E-state index contributed by atoms with van der Waals surface area (Å²) in [4.78, 5) is 15.8. The van der Waals surface area contributed by atoms with Gasteiger partial charge in [-0.15, -0.1) is 0 Å². The molecule has 1 amide bonds. The maximum atomic E-state index is 11.8. The minimum atomic E-state index is -0.287. The largest absolute Gasteiger partial charge is 0.394 e. The van der Waals surface area contributed by atoms with Gasteiger partial charge in [-0.25, -0.2) is 0 Å². The van der Waals surface area contributed by atoms with Crippen molar-refractivity contribution in [3.8, 4) is 0 Å². The minimum absolute atomic E-state index is 0.0894. The number of aliphatic hydroxyl groups excluding tert-OH is 1. The topological polar surface area (TPSA) is 73.7 Å². The van der Waals surface area contributed by atoms with Crippen LogP contribution >= 0.6 is 0 Å². The van der Waals surface area contributed by atoms with E-state index >= 15 is 0 Å². The SMILES string of the molecule is O=C(NC(CO)Cc1ccccc1)C1=NCCN1. The lowest BCUT2D eigenvalue weighted by atomic mass is 10.1. The van der Waals surface area contributed by atoms with E-state index in [1.54, 1.807) is 0 Å². The van der Waals surface area contributed by atoms with Crippen LogP contribution in [0.2, 0.25) is 0 Å². The van der Waals surface area contributed by atoms with Crippen molar-refractivity contribution in [3.05, 3.63) is 35.9 Å². The number of hydrogen-bond acceptors (Lipinski definition) is 4. The van der Waals surface area contributed by atoms with E-state index in [9.17, 15) is 9.90 Å². The lowest BCUT2D eigenvalue weighted by Crippen LogP contribution is -2.45. The fourth-order valence-corrected chi connectivity index (χ4v) is 1.86. The van der Waals surface area contributed by atoms with Crippen LogP contribution in [0.5, 0.6) is 0 Å². The molecule has 1 unspecified atom stereocenters. The molecule has 0 aromatic heterocycles. The van der Waals surface area contributed by atoms with Gasteiger partial charge in [0.15, 0.2) is 5.84 Å². The number of nitrogens with one attached hydrogen (secondary N) is 2. The first-order chi connectivity index (χ1) is 8.79. The molecule has 0 saturated heterocycles. The van der Waals surface area contributed by atoms with Crippen LogP contribution in [0.1, 0.15) is 5.56 Å². The molecular formula is C13H17N3O2.